The van der Waals surface area contributed by atoms with Crippen LogP contribution in [0.25, 0.3) is 0 Å². The summed E-state index contributed by atoms with van der Waals surface area (Å²) in [6, 6.07) is 9.02. The Morgan fingerprint density at radius 3 is 1.89 bits per heavy atom. The van der Waals surface area contributed by atoms with E-state index in [1.165, 1.54) is 0 Å². The smallest absolute Gasteiger partial charge is 0.236 e. The molecule has 3 N–H and O–H groups in total. The summed E-state index contributed by atoms with van der Waals surface area (Å²) in [5, 5.41) is 24.8. The van der Waals surface area contributed by atoms with Crippen LogP contribution in [0.15, 0.2) is 30.3 Å². The molecule has 0 atom stereocenters. The molecular formula is C27H38N6O3. The number of carbonyl (C=O) groups is 2. The second kappa shape index (κ2) is 11.0. The lowest BCUT2D eigenvalue weighted by Gasteiger charge is -2.32. The molecule has 0 spiro atoms. The predicted octanol–water partition coefficient (Wildman–Crippen LogP) is 2.64. The highest BCUT2D eigenvalue weighted by molar-refractivity contribution is 6.05. The molecule has 1 aromatic carbocycles. The largest absolute Gasteiger partial charge is 0.508 e. The highest BCUT2D eigenvalue weighted by atomic mass is 16.3. The van der Waals surface area contributed by atoms with Crippen molar-refractivity contribution in [3.05, 3.63) is 64.2 Å². The molecule has 0 bridgehead atoms. The molecule has 3 aromatic rings. The molecule has 9 nitrogen and oxygen atoms in total. The van der Waals surface area contributed by atoms with Crippen molar-refractivity contribution < 1.29 is 14.7 Å². The number of aryl methyl sites for hydroxylation is 5. The van der Waals surface area contributed by atoms with Gasteiger partial charge < -0.3 is 15.7 Å². The zero-order chi connectivity index (χ0) is 26.6. The molecule has 3 rings (SSSR count). The average molecular weight is 495 g/mol. The molecule has 2 aromatic heterocycles. The summed E-state index contributed by atoms with van der Waals surface area (Å²) in [5.41, 5.74) is 3.35. The zero-order valence-electron chi connectivity index (χ0n) is 22.3. The van der Waals surface area contributed by atoms with Gasteiger partial charge in [-0.05, 0) is 56.0 Å². The minimum atomic E-state index is -1.43. The van der Waals surface area contributed by atoms with Crippen molar-refractivity contribution in [1.29, 1.82) is 0 Å². The fraction of sp³-hybridized carbons (Fsp3) is 0.481. The second-order valence-electron chi connectivity index (χ2n) is 10.1. The maximum atomic E-state index is 14.0. The predicted molar refractivity (Wildman–Crippen MR) is 138 cm³/mol. The third kappa shape index (κ3) is 6.13. The summed E-state index contributed by atoms with van der Waals surface area (Å²) in [6.07, 6.45) is 0.359. The zero-order valence-corrected chi connectivity index (χ0v) is 22.3. The normalized spacial score (nSPS) is 11.7. The van der Waals surface area contributed by atoms with E-state index in [1.54, 1.807) is 28.4 Å². The van der Waals surface area contributed by atoms with Gasteiger partial charge in [-0.1, -0.05) is 26.0 Å². The van der Waals surface area contributed by atoms with Crippen LogP contribution in [0.2, 0.25) is 0 Å². The number of aromatic hydroxyl groups is 1. The molecule has 0 unspecified atom stereocenters. The van der Waals surface area contributed by atoms with Crippen LogP contribution in [-0.2, 0) is 43.1 Å². The van der Waals surface area contributed by atoms with Gasteiger partial charge in [0, 0.05) is 51.4 Å². The number of carbonyl (C=O) groups excluding carboxylic acids is 2. The summed E-state index contributed by atoms with van der Waals surface area (Å²) >= 11 is 0. The van der Waals surface area contributed by atoms with Gasteiger partial charge in [-0.3, -0.25) is 19.0 Å². The molecule has 0 aliphatic heterocycles. The lowest BCUT2D eigenvalue weighted by atomic mass is 9.76. The van der Waals surface area contributed by atoms with E-state index in [0.717, 1.165) is 33.9 Å². The number of nitrogens with one attached hydrogen (secondary N) is 2. The van der Waals surface area contributed by atoms with Crippen molar-refractivity contribution in [2.45, 2.75) is 54.0 Å². The Morgan fingerprint density at radius 1 is 0.917 bits per heavy atom. The molecule has 0 saturated carbocycles. The summed E-state index contributed by atoms with van der Waals surface area (Å²) < 4.78 is 3.45. The Hall–Kier alpha value is -3.62. The number of hydrogen-bond donors (Lipinski definition) is 3. The topological polar surface area (TPSA) is 114 Å². The van der Waals surface area contributed by atoms with Crippen LogP contribution in [0, 0.1) is 32.1 Å². The maximum Gasteiger partial charge on any atom is 0.236 e. The van der Waals surface area contributed by atoms with Crippen molar-refractivity contribution >= 4 is 11.8 Å². The van der Waals surface area contributed by atoms with Crippen LogP contribution < -0.4 is 10.6 Å². The number of phenolic OH excluding ortho intramolecular Hbond substituents is 1. The van der Waals surface area contributed by atoms with Crippen LogP contribution in [0.1, 0.15) is 47.8 Å². The molecule has 0 fully saturated rings. The quantitative estimate of drug-likeness (QED) is 0.375. The van der Waals surface area contributed by atoms with Crippen LogP contribution in [0.3, 0.4) is 0 Å². The van der Waals surface area contributed by atoms with Crippen LogP contribution in [0.5, 0.6) is 5.75 Å². The third-order valence-electron chi connectivity index (χ3n) is 6.42. The Kier molecular flexibility index (Phi) is 8.22. The number of amides is 2. The number of rotatable bonds is 10. The van der Waals surface area contributed by atoms with Crippen molar-refractivity contribution in [2.75, 3.05) is 6.54 Å². The van der Waals surface area contributed by atoms with Gasteiger partial charge in [0.05, 0.1) is 11.4 Å². The van der Waals surface area contributed by atoms with Gasteiger partial charge in [0.25, 0.3) is 0 Å². The Balaban J connectivity index is 2.04. The highest BCUT2D eigenvalue weighted by Gasteiger charge is 2.47. The number of nitrogens with zero attached hydrogens (tertiary/aromatic N) is 4. The minimum Gasteiger partial charge on any atom is -0.508 e. The summed E-state index contributed by atoms with van der Waals surface area (Å²) in [6.45, 7) is 10.3. The Bertz CT molecular complexity index is 1190. The lowest BCUT2D eigenvalue weighted by molar-refractivity contribution is -0.144. The summed E-state index contributed by atoms with van der Waals surface area (Å²) in [5.74, 6) is -0.265. The van der Waals surface area contributed by atoms with E-state index in [9.17, 15) is 14.7 Å². The van der Waals surface area contributed by atoms with Gasteiger partial charge in [-0.2, -0.15) is 10.2 Å². The third-order valence-corrected chi connectivity index (χ3v) is 6.42. The first-order valence-corrected chi connectivity index (χ1v) is 12.3. The van der Waals surface area contributed by atoms with Crippen LogP contribution in [0.4, 0.5) is 0 Å². The fourth-order valence-electron chi connectivity index (χ4n) is 4.41. The molecule has 0 radical (unpaired) electrons. The van der Waals surface area contributed by atoms with Gasteiger partial charge in [-0.25, -0.2) is 0 Å². The first kappa shape index (κ1) is 27.0. The van der Waals surface area contributed by atoms with Gasteiger partial charge in [0.15, 0.2) is 0 Å². The molecule has 194 valence electrons. The van der Waals surface area contributed by atoms with Crippen molar-refractivity contribution in [2.24, 2.45) is 25.4 Å². The lowest BCUT2D eigenvalue weighted by Crippen LogP contribution is -2.55. The molecule has 36 heavy (non-hydrogen) atoms. The Morgan fingerprint density at radius 2 is 1.44 bits per heavy atom. The van der Waals surface area contributed by atoms with Crippen molar-refractivity contribution in [3.63, 3.8) is 0 Å². The van der Waals surface area contributed by atoms with Gasteiger partial charge in [0.2, 0.25) is 11.8 Å². The van der Waals surface area contributed by atoms with E-state index in [-0.39, 0.29) is 42.9 Å². The van der Waals surface area contributed by atoms with E-state index < -0.39 is 5.41 Å². The standard InChI is InChI=1S/C27H38N6O3/c1-17(2)15-28-25(35)27(13-22-11-19(4)30-32(22)6,14-23-12-20(5)31-33(23)7)26(36)29-16-21-8-9-24(34)18(3)10-21/h8-12,17,34H,13-16H2,1-7H3,(H,28,35)(H,29,36). The first-order valence-electron chi connectivity index (χ1n) is 12.3. The average Bonchev–Trinajstić information content (AvgIpc) is 3.29. The summed E-state index contributed by atoms with van der Waals surface area (Å²) in [4.78, 5) is 27.9. The highest BCUT2D eigenvalue weighted by Crippen LogP contribution is 2.30. The maximum absolute atomic E-state index is 14.0. The SMILES string of the molecule is Cc1cc(CC(Cc2cc(C)nn2C)(C(=O)NCc2ccc(O)c(C)c2)C(=O)NCC(C)C)n(C)n1. The molecule has 0 aliphatic rings. The van der Waals surface area contributed by atoms with Crippen LogP contribution >= 0.6 is 0 Å². The molecule has 2 amide bonds. The number of aromatic nitrogens is 4. The van der Waals surface area contributed by atoms with E-state index in [1.807, 2.05) is 60.0 Å². The monoisotopic (exact) mass is 494 g/mol. The number of hydrogen-bond acceptors (Lipinski definition) is 5. The molecular weight excluding hydrogens is 456 g/mol. The van der Waals surface area contributed by atoms with Crippen LogP contribution in [-0.4, -0.2) is 43.0 Å². The van der Waals surface area contributed by atoms with E-state index in [0.29, 0.717) is 6.54 Å². The number of benzene rings is 1. The van der Waals surface area contributed by atoms with E-state index in [2.05, 4.69) is 20.8 Å². The van der Waals surface area contributed by atoms with Gasteiger partial charge >= 0.3 is 0 Å². The molecule has 9 heteroatoms. The van der Waals surface area contributed by atoms with Crippen molar-refractivity contribution in [3.8, 4) is 5.75 Å². The summed E-state index contributed by atoms with van der Waals surface area (Å²) in [7, 11) is 3.65. The van der Waals surface area contributed by atoms with Gasteiger partial charge in [-0.15, -0.1) is 0 Å². The van der Waals surface area contributed by atoms with Crippen molar-refractivity contribution in [1.82, 2.24) is 30.2 Å². The first-order chi connectivity index (χ1) is 16.9. The van der Waals surface area contributed by atoms with E-state index in [4.69, 9.17) is 0 Å². The fourth-order valence-corrected chi connectivity index (χ4v) is 4.41. The molecule has 2 heterocycles. The minimum absolute atomic E-state index is 0.179. The molecule has 0 aliphatic carbocycles. The Labute approximate surface area is 212 Å². The molecule has 0 saturated heterocycles. The second-order valence-corrected chi connectivity index (χ2v) is 10.1. The van der Waals surface area contributed by atoms with Gasteiger partial charge in [0.1, 0.15) is 11.2 Å². The van der Waals surface area contributed by atoms with E-state index >= 15 is 0 Å². The number of phenols is 1.